The van der Waals surface area contributed by atoms with Crippen LogP contribution in [-0.4, -0.2) is 22.8 Å². The van der Waals surface area contributed by atoms with Gasteiger partial charge in [-0.3, -0.25) is 9.59 Å². The van der Waals surface area contributed by atoms with Crippen molar-refractivity contribution in [3.8, 4) is 11.5 Å². The van der Waals surface area contributed by atoms with E-state index < -0.39 is 5.97 Å². The number of ether oxygens (including phenoxy) is 1. The molecule has 1 heterocycles. The smallest absolute Gasteiger partial charge is 0.343 e. The number of phenolic OH excluding ortho intramolecular Hbond substituents is 1. The van der Waals surface area contributed by atoms with Gasteiger partial charge in [0.1, 0.15) is 17.1 Å². The molecule has 37 heavy (non-hydrogen) atoms. The SMILES string of the molecule is NC(=O)CCCCCc1oc2cc(OC(=O)c3ccccc3)ccc2c1C(=O)c1cc(N)c(O)c(N)c1. The predicted octanol–water partition coefficient (Wildman–Crippen LogP) is 4.34. The Bertz CT molecular complexity index is 1450. The van der Waals surface area contributed by atoms with Crippen molar-refractivity contribution in [2.75, 3.05) is 11.5 Å². The van der Waals surface area contributed by atoms with Gasteiger partial charge in [-0.05, 0) is 49.2 Å². The maximum atomic E-state index is 13.6. The number of furan rings is 1. The minimum Gasteiger partial charge on any atom is -0.504 e. The summed E-state index contributed by atoms with van der Waals surface area (Å²) < 4.78 is 11.6. The van der Waals surface area contributed by atoms with Crippen LogP contribution >= 0.6 is 0 Å². The molecule has 9 heteroatoms. The van der Waals surface area contributed by atoms with E-state index in [1.54, 1.807) is 48.5 Å². The van der Waals surface area contributed by atoms with Crippen molar-refractivity contribution in [2.24, 2.45) is 5.73 Å². The Hall–Kier alpha value is -4.79. The normalized spacial score (nSPS) is 10.9. The van der Waals surface area contributed by atoms with E-state index >= 15 is 0 Å². The fourth-order valence-electron chi connectivity index (χ4n) is 4.07. The lowest BCUT2D eigenvalue weighted by Crippen LogP contribution is -2.09. The molecule has 3 aromatic carbocycles. The standard InChI is InChI=1S/C28H27N3O6/c29-20-13-17(14-21(30)27(20)34)26(33)25-19-12-11-18(36-28(35)16-7-3-1-4-8-16)15-23(19)37-22(25)9-5-2-6-10-24(31)32/h1,3-4,7-8,11-15,34H,2,5-6,9-10,29-30H2,(H2,31,32). The van der Waals surface area contributed by atoms with Crippen LogP contribution in [0.2, 0.25) is 0 Å². The number of esters is 1. The summed E-state index contributed by atoms with van der Waals surface area (Å²) in [6, 6.07) is 16.1. The highest BCUT2D eigenvalue weighted by Gasteiger charge is 2.24. The maximum Gasteiger partial charge on any atom is 0.343 e. The number of anilines is 2. The molecule has 0 spiro atoms. The Morgan fingerprint density at radius 1 is 0.865 bits per heavy atom. The topological polar surface area (TPSA) is 172 Å². The largest absolute Gasteiger partial charge is 0.504 e. The Morgan fingerprint density at radius 2 is 1.57 bits per heavy atom. The second-order valence-electron chi connectivity index (χ2n) is 8.67. The average molecular weight is 502 g/mol. The third-order valence-corrected chi connectivity index (χ3v) is 5.94. The van der Waals surface area contributed by atoms with Gasteiger partial charge in [-0.25, -0.2) is 4.79 Å². The lowest BCUT2D eigenvalue weighted by Gasteiger charge is -2.08. The molecule has 0 radical (unpaired) electrons. The van der Waals surface area contributed by atoms with Crippen molar-refractivity contribution >= 4 is 40.0 Å². The van der Waals surface area contributed by atoms with Gasteiger partial charge in [0.15, 0.2) is 11.5 Å². The predicted molar refractivity (Wildman–Crippen MR) is 139 cm³/mol. The molecule has 0 aliphatic carbocycles. The first kappa shape index (κ1) is 25.3. The average Bonchev–Trinajstić information content (AvgIpc) is 3.24. The van der Waals surface area contributed by atoms with Gasteiger partial charge >= 0.3 is 5.97 Å². The molecule has 4 aromatic rings. The third kappa shape index (κ3) is 5.72. The number of carbonyl (C=O) groups excluding carboxylic acids is 3. The molecule has 0 saturated heterocycles. The highest BCUT2D eigenvalue weighted by atomic mass is 16.5. The number of phenols is 1. The summed E-state index contributed by atoms with van der Waals surface area (Å²) in [6.45, 7) is 0. The van der Waals surface area contributed by atoms with Crippen molar-refractivity contribution in [1.82, 2.24) is 0 Å². The van der Waals surface area contributed by atoms with E-state index in [0.29, 0.717) is 53.5 Å². The van der Waals surface area contributed by atoms with E-state index in [4.69, 9.17) is 26.4 Å². The molecule has 190 valence electrons. The number of ketones is 1. The fourth-order valence-corrected chi connectivity index (χ4v) is 4.07. The minimum absolute atomic E-state index is 0.0146. The zero-order chi connectivity index (χ0) is 26.5. The quantitative estimate of drug-likeness (QED) is 0.0620. The van der Waals surface area contributed by atoms with E-state index in [2.05, 4.69) is 0 Å². The van der Waals surface area contributed by atoms with E-state index in [0.717, 1.165) is 0 Å². The monoisotopic (exact) mass is 501 g/mol. The van der Waals surface area contributed by atoms with Gasteiger partial charge in [-0.15, -0.1) is 0 Å². The molecule has 9 nitrogen and oxygen atoms in total. The van der Waals surface area contributed by atoms with Gasteiger partial charge in [-0.2, -0.15) is 0 Å². The molecule has 0 saturated carbocycles. The van der Waals surface area contributed by atoms with Crippen LogP contribution in [0, 0.1) is 0 Å². The summed E-state index contributed by atoms with van der Waals surface area (Å²) in [5.74, 6) is -0.838. The second kappa shape index (κ2) is 10.9. The summed E-state index contributed by atoms with van der Waals surface area (Å²) in [7, 11) is 0. The number of aromatic hydroxyl groups is 1. The van der Waals surface area contributed by atoms with Crippen LogP contribution in [-0.2, 0) is 11.2 Å². The van der Waals surface area contributed by atoms with Gasteiger partial charge in [0, 0.05) is 29.9 Å². The fraction of sp³-hybridized carbons (Fsp3) is 0.179. The molecule has 0 bridgehead atoms. The Morgan fingerprint density at radius 3 is 2.24 bits per heavy atom. The number of primary amides is 1. The van der Waals surface area contributed by atoms with Gasteiger partial charge in [0.25, 0.3) is 0 Å². The molecule has 4 rings (SSSR count). The first-order valence-electron chi connectivity index (χ1n) is 11.8. The summed E-state index contributed by atoms with van der Waals surface area (Å²) in [6.07, 6.45) is 2.71. The number of rotatable bonds is 10. The van der Waals surface area contributed by atoms with Crippen LogP contribution < -0.4 is 21.9 Å². The molecule has 0 fully saturated rings. The number of nitrogens with two attached hydrogens (primary N) is 3. The lowest BCUT2D eigenvalue weighted by molar-refractivity contribution is -0.118. The van der Waals surface area contributed by atoms with Crippen LogP contribution in [0.4, 0.5) is 11.4 Å². The lowest BCUT2D eigenvalue weighted by atomic mass is 9.97. The van der Waals surface area contributed by atoms with Crippen LogP contribution in [0.3, 0.4) is 0 Å². The van der Waals surface area contributed by atoms with Gasteiger partial charge in [-0.1, -0.05) is 24.6 Å². The minimum atomic E-state index is -0.521. The number of hydrogen-bond donors (Lipinski definition) is 4. The Labute approximate surface area is 212 Å². The van der Waals surface area contributed by atoms with Crippen molar-refractivity contribution in [2.45, 2.75) is 32.1 Å². The van der Waals surface area contributed by atoms with Crippen molar-refractivity contribution in [3.05, 3.63) is 83.1 Å². The second-order valence-corrected chi connectivity index (χ2v) is 8.67. The molecule has 0 unspecified atom stereocenters. The molecule has 1 aromatic heterocycles. The van der Waals surface area contributed by atoms with E-state index in [9.17, 15) is 19.5 Å². The van der Waals surface area contributed by atoms with Crippen molar-refractivity contribution < 1.29 is 28.6 Å². The number of fused-ring (bicyclic) bond motifs is 1. The third-order valence-electron chi connectivity index (χ3n) is 5.94. The Kier molecular flexibility index (Phi) is 7.43. The van der Waals surface area contributed by atoms with Crippen LogP contribution in [0.15, 0.2) is 65.1 Å². The molecular formula is C28H27N3O6. The van der Waals surface area contributed by atoms with E-state index in [1.807, 2.05) is 0 Å². The maximum absolute atomic E-state index is 13.6. The summed E-state index contributed by atoms with van der Waals surface area (Å²) in [5, 5.41) is 10.4. The molecule has 0 aliphatic rings. The summed E-state index contributed by atoms with van der Waals surface area (Å²) >= 11 is 0. The molecular weight excluding hydrogens is 474 g/mol. The highest BCUT2D eigenvalue weighted by Crippen LogP contribution is 2.35. The number of unbranched alkanes of at least 4 members (excludes halogenated alkanes) is 2. The van der Waals surface area contributed by atoms with E-state index in [1.165, 1.54) is 12.1 Å². The van der Waals surface area contributed by atoms with Crippen molar-refractivity contribution in [3.63, 3.8) is 0 Å². The number of aryl methyl sites for hydroxylation is 1. The Balaban J connectivity index is 1.67. The molecule has 1 amide bonds. The molecule has 7 N–H and O–H groups in total. The molecule has 0 aliphatic heterocycles. The number of benzene rings is 3. The van der Waals surface area contributed by atoms with Crippen LogP contribution in [0.1, 0.15) is 57.7 Å². The number of carbonyl (C=O) groups is 3. The first-order valence-corrected chi connectivity index (χ1v) is 11.8. The number of hydrogen-bond acceptors (Lipinski definition) is 8. The first-order chi connectivity index (χ1) is 17.7. The van der Waals surface area contributed by atoms with Gasteiger partial charge < -0.3 is 31.5 Å². The summed E-state index contributed by atoms with van der Waals surface area (Å²) in [5.41, 5.74) is 18.1. The zero-order valence-corrected chi connectivity index (χ0v) is 20.0. The van der Waals surface area contributed by atoms with Gasteiger partial charge in [0.05, 0.1) is 22.5 Å². The highest BCUT2D eigenvalue weighted by molar-refractivity contribution is 6.17. The van der Waals surface area contributed by atoms with Crippen LogP contribution in [0.5, 0.6) is 11.5 Å². The zero-order valence-electron chi connectivity index (χ0n) is 20.0. The van der Waals surface area contributed by atoms with E-state index in [-0.39, 0.29) is 46.5 Å². The van der Waals surface area contributed by atoms with Crippen LogP contribution in [0.25, 0.3) is 11.0 Å². The van der Waals surface area contributed by atoms with Gasteiger partial charge in [0.2, 0.25) is 5.91 Å². The molecule has 0 atom stereocenters. The summed E-state index contributed by atoms with van der Waals surface area (Å²) in [4.78, 5) is 37.1. The number of nitrogen functional groups attached to an aromatic ring is 2. The number of amides is 1. The van der Waals surface area contributed by atoms with Crippen molar-refractivity contribution in [1.29, 1.82) is 0 Å².